The summed E-state index contributed by atoms with van der Waals surface area (Å²) in [6, 6.07) is 10.2. The van der Waals surface area contributed by atoms with Crippen molar-refractivity contribution in [3.05, 3.63) is 57.5 Å². The molecule has 0 fully saturated rings. The van der Waals surface area contributed by atoms with Gasteiger partial charge in [0.2, 0.25) is 0 Å². The molecular formula is C18H15Br2F3O3. The lowest BCUT2D eigenvalue weighted by molar-refractivity contribution is -0.138. The molecule has 0 heterocycles. The minimum Gasteiger partial charge on any atom is -0.494 e. The Morgan fingerprint density at radius 1 is 0.962 bits per heavy atom. The summed E-state index contributed by atoms with van der Waals surface area (Å²) >= 11 is 6.23. The van der Waals surface area contributed by atoms with E-state index in [1.807, 2.05) is 6.92 Å². The first-order valence-electron chi connectivity index (χ1n) is 7.55. The van der Waals surface area contributed by atoms with E-state index in [4.69, 9.17) is 14.2 Å². The first kappa shape index (κ1) is 20.6. The van der Waals surface area contributed by atoms with Crippen LogP contribution < -0.4 is 14.2 Å². The average Bonchev–Trinajstić information content (AvgIpc) is 2.57. The Labute approximate surface area is 166 Å². The van der Waals surface area contributed by atoms with E-state index in [0.29, 0.717) is 21.5 Å². The molecular weight excluding hydrogens is 481 g/mol. The van der Waals surface area contributed by atoms with E-state index in [1.54, 1.807) is 30.3 Å². The van der Waals surface area contributed by atoms with Crippen molar-refractivity contribution < 1.29 is 27.4 Å². The first-order valence-corrected chi connectivity index (χ1v) is 9.14. The highest BCUT2D eigenvalue weighted by Gasteiger charge is 2.35. The van der Waals surface area contributed by atoms with Crippen molar-refractivity contribution in [2.24, 2.45) is 0 Å². The van der Waals surface area contributed by atoms with Gasteiger partial charge in [-0.05, 0) is 87.3 Å². The molecule has 0 spiro atoms. The second-order valence-electron chi connectivity index (χ2n) is 4.97. The van der Waals surface area contributed by atoms with Crippen LogP contribution in [0.15, 0.2) is 51.9 Å². The Morgan fingerprint density at radius 2 is 1.58 bits per heavy atom. The average molecular weight is 496 g/mol. The summed E-state index contributed by atoms with van der Waals surface area (Å²) in [5, 5.41) is 0. The van der Waals surface area contributed by atoms with Crippen molar-refractivity contribution >= 4 is 31.9 Å². The number of alkyl halides is 3. The van der Waals surface area contributed by atoms with Crippen LogP contribution in [0.25, 0.3) is 0 Å². The Bertz CT molecular complexity index is 755. The molecule has 0 N–H and O–H groups in total. The summed E-state index contributed by atoms with van der Waals surface area (Å²) in [6.45, 7) is 2.37. The van der Waals surface area contributed by atoms with Gasteiger partial charge in [-0.2, -0.15) is 13.2 Å². The third-order valence-corrected chi connectivity index (χ3v) is 3.75. The van der Waals surface area contributed by atoms with Crippen LogP contribution in [0.2, 0.25) is 0 Å². The predicted octanol–water partition coefficient (Wildman–Crippen LogP) is 6.91. The minimum absolute atomic E-state index is 0.0198. The van der Waals surface area contributed by atoms with Gasteiger partial charge in [-0.3, -0.25) is 0 Å². The van der Waals surface area contributed by atoms with Crippen LogP contribution >= 0.6 is 31.9 Å². The van der Waals surface area contributed by atoms with E-state index < -0.39 is 11.7 Å². The third kappa shape index (κ3) is 6.25. The number of hydrogen-bond donors (Lipinski definition) is 0. The maximum Gasteiger partial charge on any atom is 0.420 e. The lowest BCUT2D eigenvalue weighted by Gasteiger charge is -2.15. The molecule has 140 valence electrons. The molecule has 8 heteroatoms. The minimum atomic E-state index is -4.57. The Balaban J connectivity index is 2.20. The van der Waals surface area contributed by atoms with Crippen LogP contribution in [0.1, 0.15) is 12.5 Å². The predicted molar refractivity (Wildman–Crippen MR) is 101 cm³/mol. The number of halogens is 5. The molecule has 0 saturated heterocycles. The molecule has 2 rings (SSSR count). The van der Waals surface area contributed by atoms with E-state index in [2.05, 4.69) is 31.9 Å². The van der Waals surface area contributed by atoms with E-state index in [0.717, 1.165) is 6.07 Å². The Hall–Kier alpha value is -1.67. The fraction of sp³-hybridized carbons (Fsp3) is 0.222. The standard InChI is InChI=1S/C18H15Br2F3O3/c1-2-24-12-3-5-13(6-4-12)26-14-7-8-16(25-10-9-17(19)20)15(11-14)18(21,22)23/h3-9,11H,2,10H2,1H3. The molecule has 0 aromatic heterocycles. The van der Waals surface area contributed by atoms with E-state index >= 15 is 0 Å². The topological polar surface area (TPSA) is 27.7 Å². The maximum absolute atomic E-state index is 13.3. The van der Waals surface area contributed by atoms with Gasteiger partial charge in [0.05, 0.1) is 10.00 Å². The van der Waals surface area contributed by atoms with Gasteiger partial charge in [-0.15, -0.1) is 0 Å². The zero-order valence-corrected chi connectivity index (χ0v) is 16.8. The van der Waals surface area contributed by atoms with E-state index in [9.17, 15) is 13.2 Å². The van der Waals surface area contributed by atoms with Gasteiger partial charge in [0.15, 0.2) is 0 Å². The summed E-state index contributed by atoms with van der Waals surface area (Å²) in [4.78, 5) is 0. The zero-order valence-electron chi connectivity index (χ0n) is 13.6. The molecule has 0 aliphatic rings. The highest BCUT2D eigenvalue weighted by atomic mass is 79.9. The van der Waals surface area contributed by atoms with Crippen LogP contribution in [-0.2, 0) is 6.18 Å². The van der Waals surface area contributed by atoms with Gasteiger partial charge >= 0.3 is 6.18 Å². The third-order valence-electron chi connectivity index (χ3n) is 3.10. The van der Waals surface area contributed by atoms with Crippen molar-refractivity contribution in [3.8, 4) is 23.0 Å². The zero-order chi connectivity index (χ0) is 19.2. The Morgan fingerprint density at radius 3 is 2.15 bits per heavy atom. The number of ether oxygens (including phenoxy) is 3. The fourth-order valence-corrected chi connectivity index (χ4v) is 2.29. The molecule has 0 atom stereocenters. The van der Waals surface area contributed by atoms with Gasteiger partial charge in [0.25, 0.3) is 0 Å². The van der Waals surface area contributed by atoms with Crippen LogP contribution in [0, 0.1) is 0 Å². The molecule has 26 heavy (non-hydrogen) atoms. The van der Waals surface area contributed by atoms with E-state index in [1.165, 1.54) is 12.1 Å². The summed E-state index contributed by atoms with van der Waals surface area (Å²) in [5.41, 5.74) is -0.903. The summed E-state index contributed by atoms with van der Waals surface area (Å²) in [5.74, 6) is 0.854. The lowest BCUT2D eigenvalue weighted by Crippen LogP contribution is -2.09. The van der Waals surface area contributed by atoms with Crippen molar-refractivity contribution in [1.29, 1.82) is 0 Å². The van der Waals surface area contributed by atoms with Crippen molar-refractivity contribution in [2.45, 2.75) is 13.1 Å². The summed E-state index contributed by atoms with van der Waals surface area (Å²) in [7, 11) is 0. The van der Waals surface area contributed by atoms with Gasteiger partial charge < -0.3 is 14.2 Å². The fourth-order valence-electron chi connectivity index (χ4n) is 2.02. The molecule has 2 aromatic rings. The lowest BCUT2D eigenvalue weighted by atomic mass is 10.2. The number of benzene rings is 2. The van der Waals surface area contributed by atoms with Crippen molar-refractivity contribution in [2.75, 3.05) is 13.2 Å². The molecule has 0 aliphatic carbocycles. The molecule has 0 saturated carbocycles. The normalized spacial score (nSPS) is 11.0. The summed E-state index contributed by atoms with van der Waals surface area (Å²) in [6.07, 6.45) is -3.02. The SMILES string of the molecule is CCOc1ccc(Oc2ccc(OCC=C(Br)Br)c(C(F)(F)F)c2)cc1. The first-order chi connectivity index (χ1) is 12.3. The van der Waals surface area contributed by atoms with Gasteiger partial charge in [0.1, 0.15) is 35.2 Å². The molecule has 3 nitrogen and oxygen atoms in total. The van der Waals surface area contributed by atoms with Crippen LogP contribution in [0.4, 0.5) is 13.2 Å². The molecule has 0 aliphatic heterocycles. The smallest absolute Gasteiger partial charge is 0.420 e. The van der Waals surface area contributed by atoms with Crippen molar-refractivity contribution in [3.63, 3.8) is 0 Å². The van der Waals surface area contributed by atoms with Gasteiger partial charge in [-0.1, -0.05) is 0 Å². The second-order valence-corrected chi connectivity index (χ2v) is 7.74. The maximum atomic E-state index is 13.3. The second kappa shape index (κ2) is 9.32. The van der Waals surface area contributed by atoms with Gasteiger partial charge in [0, 0.05) is 0 Å². The van der Waals surface area contributed by atoms with Gasteiger partial charge in [-0.25, -0.2) is 0 Å². The van der Waals surface area contributed by atoms with Crippen LogP contribution in [0.5, 0.6) is 23.0 Å². The number of hydrogen-bond acceptors (Lipinski definition) is 3. The molecule has 2 aromatic carbocycles. The largest absolute Gasteiger partial charge is 0.494 e. The molecule has 0 radical (unpaired) electrons. The monoisotopic (exact) mass is 494 g/mol. The summed E-state index contributed by atoms with van der Waals surface area (Å²) < 4.78 is 56.5. The van der Waals surface area contributed by atoms with E-state index in [-0.39, 0.29) is 18.1 Å². The highest BCUT2D eigenvalue weighted by Crippen LogP contribution is 2.39. The highest BCUT2D eigenvalue weighted by molar-refractivity contribution is 9.28. The van der Waals surface area contributed by atoms with Crippen molar-refractivity contribution in [1.82, 2.24) is 0 Å². The quantitative estimate of drug-likeness (QED) is 0.417. The van der Waals surface area contributed by atoms with Crippen LogP contribution in [0.3, 0.4) is 0 Å². The number of rotatable bonds is 7. The van der Waals surface area contributed by atoms with Crippen LogP contribution in [-0.4, -0.2) is 13.2 Å². The molecule has 0 amide bonds. The Kier molecular flexibility index (Phi) is 7.40. The molecule has 0 unspecified atom stereocenters. The molecule has 0 bridgehead atoms.